The Hall–Kier alpha value is -2.34. The van der Waals surface area contributed by atoms with Crippen LogP contribution >= 0.6 is 11.6 Å². The summed E-state index contributed by atoms with van der Waals surface area (Å²) in [5.41, 5.74) is 4.24. The lowest BCUT2D eigenvalue weighted by Crippen LogP contribution is -2.31. The molecule has 28 heavy (non-hydrogen) atoms. The van der Waals surface area contributed by atoms with Gasteiger partial charge in [-0.05, 0) is 54.8 Å². The maximum absolute atomic E-state index is 12.7. The smallest absolute Gasteiger partial charge is 0.240 e. The normalized spacial score (nSPS) is 12.5. The number of hydrogen-bond acceptors (Lipinski definition) is 3. The predicted molar refractivity (Wildman–Crippen MR) is 115 cm³/mol. The van der Waals surface area contributed by atoms with Crippen LogP contribution in [-0.4, -0.2) is 15.0 Å². The number of aryl methyl sites for hydroxylation is 2. The standard InChI is InChI=1S/C22H23ClN2O2S/c1-16-7-6-8-17(2)22(16)25-21(18-9-4-3-5-10-18)15-24-28(26,27)20-13-11-19(23)12-14-20/h3-14,21,24-25H,15H2,1-2H3. The Morgan fingerprint density at radius 2 is 1.46 bits per heavy atom. The fraction of sp³-hybridized carbons (Fsp3) is 0.182. The van der Waals surface area contributed by atoms with Crippen LogP contribution < -0.4 is 10.0 Å². The Bertz CT molecular complexity index is 1020. The van der Waals surface area contributed by atoms with Crippen LogP contribution in [0.2, 0.25) is 5.02 Å². The van der Waals surface area contributed by atoms with Gasteiger partial charge in [-0.2, -0.15) is 0 Å². The first-order valence-corrected chi connectivity index (χ1v) is 10.9. The molecule has 0 fully saturated rings. The first-order chi connectivity index (χ1) is 13.4. The minimum absolute atomic E-state index is 0.191. The SMILES string of the molecule is Cc1cccc(C)c1NC(CNS(=O)(=O)c1ccc(Cl)cc1)c1ccccc1. The van der Waals surface area contributed by atoms with Crippen LogP contribution in [0.5, 0.6) is 0 Å². The quantitative estimate of drug-likeness (QED) is 0.566. The molecule has 146 valence electrons. The van der Waals surface area contributed by atoms with Crippen molar-refractivity contribution in [2.45, 2.75) is 24.8 Å². The van der Waals surface area contributed by atoms with E-state index in [1.165, 1.54) is 12.1 Å². The topological polar surface area (TPSA) is 58.2 Å². The van der Waals surface area contributed by atoms with Gasteiger partial charge in [-0.15, -0.1) is 0 Å². The fourth-order valence-corrected chi connectivity index (χ4v) is 4.22. The predicted octanol–water partition coefficient (Wildman–Crippen LogP) is 5.09. The second kappa shape index (κ2) is 8.78. The van der Waals surface area contributed by atoms with Gasteiger partial charge in [0.05, 0.1) is 10.9 Å². The van der Waals surface area contributed by atoms with Gasteiger partial charge < -0.3 is 5.32 Å². The van der Waals surface area contributed by atoms with Gasteiger partial charge in [-0.3, -0.25) is 0 Å². The van der Waals surface area contributed by atoms with Crippen LogP contribution in [0.15, 0.2) is 77.7 Å². The van der Waals surface area contributed by atoms with E-state index >= 15 is 0 Å². The molecule has 0 aliphatic carbocycles. The molecule has 0 saturated heterocycles. The third-order valence-corrected chi connectivity index (χ3v) is 6.29. The highest BCUT2D eigenvalue weighted by molar-refractivity contribution is 7.89. The van der Waals surface area contributed by atoms with Crippen molar-refractivity contribution >= 4 is 27.3 Å². The van der Waals surface area contributed by atoms with E-state index in [1.807, 2.05) is 62.4 Å². The van der Waals surface area contributed by atoms with Gasteiger partial charge in [-0.1, -0.05) is 60.1 Å². The van der Waals surface area contributed by atoms with Crippen molar-refractivity contribution in [3.05, 3.63) is 94.5 Å². The summed E-state index contributed by atoms with van der Waals surface area (Å²) >= 11 is 5.86. The molecule has 0 saturated carbocycles. The van der Waals surface area contributed by atoms with Crippen molar-refractivity contribution in [1.29, 1.82) is 0 Å². The summed E-state index contributed by atoms with van der Waals surface area (Å²) in [5, 5.41) is 4.01. The number of sulfonamides is 1. The first kappa shape index (κ1) is 20.4. The molecular weight excluding hydrogens is 392 g/mol. The first-order valence-electron chi connectivity index (χ1n) is 9.00. The lowest BCUT2D eigenvalue weighted by atomic mass is 10.0. The zero-order chi connectivity index (χ0) is 20.1. The zero-order valence-electron chi connectivity index (χ0n) is 15.8. The Morgan fingerprint density at radius 3 is 2.07 bits per heavy atom. The molecule has 0 spiro atoms. The average Bonchev–Trinajstić information content (AvgIpc) is 2.68. The molecule has 1 atom stereocenters. The molecule has 0 heterocycles. The van der Waals surface area contributed by atoms with E-state index in [2.05, 4.69) is 10.0 Å². The Labute approximate surface area is 171 Å². The summed E-state index contributed by atoms with van der Waals surface area (Å²) < 4.78 is 28.1. The highest BCUT2D eigenvalue weighted by Crippen LogP contribution is 2.26. The van der Waals surface area contributed by atoms with Gasteiger partial charge in [0.15, 0.2) is 0 Å². The molecule has 3 aromatic carbocycles. The average molecular weight is 415 g/mol. The maximum Gasteiger partial charge on any atom is 0.240 e. The number of halogens is 1. The number of rotatable bonds is 7. The molecule has 0 aromatic heterocycles. The van der Waals surface area contributed by atoms with Gasteiger partial charge in [0, 0.05) is 17.3 Å². The number of benzene rings is 3. The van der Waals surface area contributed by atoms with Gasteiger partial charge in [0.25, 0.3) is 0 Å². The van der Waals surface area contributed by atoms with Crippen LogP contribution in [0.25, 0.3) is 0 Å². The Balaban J connectivity index is 1.85. The monoisotopic (exact) mass is 414 g/mol. The number of nitrogens with one attached hydrogen (secondary N) is 2. The molecule has 0 aliphatic heterocycles. The summed E-state index contributed by atoms with van der Waals surface area (Å²) in [6, 6.07) is 21.8. The minimum atomic E-state index is -3.64. The summed E-state index contributed by atoms with van der Waals surface area (Å²) in [6.45, 7) is 4.29. The fourth-order valence-electron chi connectivity index (χ4n) is 3.04. The summed E-state index contributed by atoms with van der Waals surface area (Å²) in [4.78, 5) is 0.191. The second-order valence-electron chi connectivity index (χ2n) is 6.68. The van der Waals surface area contributed by atoms with Crippen LogP contribution in [-0.2, 0) is 10.0 Å². The van der Waals surface area contributed by atoms with Crippen molar-refractivity contribution in [2.75, 3.05) is 11.9 Å². The van der Waals surface area contributed by atoms with Crippen molar-refractivity contribution in [1.82, 2.24) is 4.72 Å². The zero-order valence-corrected chi connectivity index (χ0v) is 17.4. The molecule has 4 nitrogen and oxygen atoms in total. The van der Waals surface area contributed by atoms with Gasteiger partial charge in [0.1, 0.15) is 0 Å². The third kappa shape index (κ3) is 4.93. The summed E-state index contributed by atoms with van der Waals surface area (Å²) in [5.74, 6) is 0. The van der Waals surface area contributed by atoms with E-state index in [0.717, 1.165) is 22.4 Å². The van der Waals surface area contributed by atoms with Crippen molar-refractivity contribution < 1.29 is 8.42 Å². The van der Waals surface area contributed by atoms with Crippen molar-refractivity contribution in [3.8, 4) is 0 Å². The molecule has 0 amide bonds. The molecule has 1 unspecified atom stereocenters. The molecule has 3 aromatic rings. The van der Waals surface area contributed by atoms with E-state index < -0.39 is 10.0 Å². The largest absolute Gasteiger partial charge is 0.376 e. The van der Waals surface area contributed by atoms with Gasteiger partial charge >= 0.3 is 0 Å². The molecule has 2 N–H and O–H groups in total. The highest BCUT2D eigenvalue weighted by atomic mass is 35.5. The molecule has 6 heteroatoms. The second-order valence-corrected chi connectivity index (χ2v) is 8.88. The lowest BCUT2D eigenvalue weighted by Gasteiger charge is -2.23. The molecule has 3 rings (SSSR count). The Kier molecular flexibility index (Phi) is 6.39. The van der Waals surface area contributed by atoms with Crippen LogP contribution in [0, 0.1) is 13.8 Å². The highest BCUT2D eigenvalue weighted by Gasteiger charge is 2.19. The Morgan fingerprint density at radius 1 is 0.857 bits per heavy atom. The lowest BCUT2D eigenvalue weighted by molar-refractivity contribution is 0.576. The van der Waals surface area contributed by atoms with Gasteiger partial charge in [0.2, 0.25) is 10.0 Å². The van der Waals surface area contributed by atoms with Crippen molar-refractivity contribution in [2.24, 2.45) is 0 Å². The summed E-state index contributed by atoms with van der Waals surface area (Å²) in [7, 11) is -3.64. The number of hydrogen-bond donors (Lipinski definition) is 2. The number of para-hydroxylation sites is 1. The molecule has 0 radical (unpaired) electrons. The third-order valence-electron chi connectivity index (χ3n) is 4.60. The van der Waals surface area contributed by atoms with E-state index in [9.17, 15) is 8.42 Å². The van der Waals surface area contributed by atoms with E-state index in [1.54, 1.807) is 12.1 Å². The molecular formula is C22H23ClN2O2S. The summed E-state index contributed by atoms with van der Waals surface area (Å²) in [6.07, 6.45) is 0. The minimum Gasteiger partial charge on any atom is -0.376 e. The van der Waals surface area contributed by atoms with Crippen LogP contribution in [0.4, 0.5) is 5.69 Å². The van der Waals surface area contributed by atoms with Crippen molar-refractivity contribution in [3.63, 3.8) is 0 Å². The molecule has 0 aliphatic rings. The van der Waals surface area contributed by atoms with Crippen LogP contribution in [0.3, 0.4) is 0 Å². The molecule has 0 bridgehead atoms. The van der Waals surface area contributed by atoms with Gasteiger partial charge in [-0.25, -0.2) is 13.1 Å². The van der Waals surface area contributed by atoms with E-state index in [4.69, 9.17) is 11.6 Å². The van der Waals surface area contributed by atoms with Crippen LogP contribution in [0.1, 0.15) is 22.7 Å². The van der Waals surface area contributed by atoms with E-state index in [0.29, 0.717) is 5.02 Å². The maximum atomic E-state index is 12.7. The number of anilines is 1. The van der Waals surface area contributed by atoms with E-state index in [-0.39, 0.29) is 17.5 Å².